The van der Waals surface area contributed by atoms with Gasteiger partial charge in [0, 0.05) is 30.9 Å². The maximum absolute atomic E-state index is 12.0. The highest BCUT2D eigenvalue weighted by molar-refractivity contribution is 6.30. The van der Waals surface area contributed by atoms with Crippen LogP contribution < -0.4 is 0 Å². The van der Waals surface area contributed by atoms with E-state index >= 15 is 0 Å². The molecule has 0 spiro atoms. The van der Waals surface area contributed by atoms with E-state index in [1.807, 2.05) is 51.3 Å². The van der Waals surface area contributed by atoms with Crippen molar-refractivity contribution in [3.63, 3.8) is 0 Å². The first kappa shape index (κ1) is 17.8. The molecule has 1 fully saturated rings. The largest absolute Gasteiger partial charge is 0.444 e. The van der Waals surface area contributed by atoms with E-state index in [0.29, 0.717) is 5.92 Å². The normalized spacial score (nSPS) is 16.8. The SMILES string of the molecule is CC(C)(C)OC(=O)N1CCC(CN=Cc2ccc(Cl)cc2)CC1. The Labute approximate surface area is 143 Å². The molecule has 23 heavy (non-hydrogen) atoms. The Morgan fingerprint density at radius 2 is 1.91 bits per heavy atom. The smallest absolute Gasteiger partial charge is 0.410 e. The number of halogens is 1. The molecule has 0 aliphatic carbocycles. The summed E-state index contributed by atoms with van der Waals surface area (Å²) in [5.74, 6) is 0.525. The van der Waals surface area contributed by atoms with E-state index in [9.17, 15) is 4.79 Å². The second-order valence-corrected chi connectivity index (χ2v) is 7.39. The second-order valence-electron chi connectivity index (χ2n) is 6.96. The predicted octanol–water partition coefficient (Wildman–Crippen LogP) is 4.41. The molecule has 1 aliphatic rings. The van der Waals surface area contributed by atoms with E-state index in [1.165, 1.54) is 0 Å². The molecule has 1 amide bonds. The summed E-state index contributed by atoms with van der Waals surface area (Å²) in [7, 11) is 0. The van der Waals surface area contributed by atoms with Gasteiger partial charge < -0.3 is 9.64 Å². The van der Waals surface area contributed by atoms with Gasteiger partial charge in [0.05, 0.1) is 0 Å². The monoisotopic (exact) mass is 336 g/mol. The van der Waals surface area contributed by atoms with Crippen molar-refractivity contribution in [2.75, 3.05) is 19.6 Å². The fourth-order valence-electron chi connectivity index (χ4n) is 2.48. The summed E-state index contributed by atoms with van der Waals surface area (Å²) < 4.78 is 5.41. The van der Waals surface area contributed by atoms with E-state index in [0.717, 1.165) is 43.1 Å². The minimum Gasteiger partial charge on any atom is -0.444 e. The third-order valence-electron chi connectivity index (χ3n) is 3.74. The van der Waals surface area contributed by atoms with Gasteiger partial charge in [-0.1, -0.05) is 23.7 Å². The molecule has 0 saturated carbocycles. The van der Waals surface area contributed by atoms with Crippen LogP contribution >= 0.6 is 11.6 Å². The molecule has 5 heteroatoms. The summed E-state index contributed by atoms with van der Waals surface area (Å²) in [6.07, 6.45) is 3.62. The van der Waals surface area contributed by atoms with Crippen LogP contribution in [0.3, 0.4) is 0 Å². The van der Waals surface area contributed by atoms with Gasteiger partial charge in [0.15, 0.2) is 0 Å². The molecule has 126 valence electrons. The topological polar surface area (TPSA) is 41.9 Å². The summed E-state index contributed by atoms with van der Waals surface area (Å²) in [4.78, 5) is 18.3. The van der Waals surface area contributed by atoms with Crippen LogP contribution in [-0.4, -0.2) is 42.4 Å². The first-order valence-electron chi connectivity index (χ1n) is 8.07. The van der Waals surface area contributed by atoms with Gasteiger partial charge in [-0.15, -0.1) is 0 Å². The minimum absolute atomic E-state index is 0.208. The Morgan fingerprint density at radius 3 is 2.48 bits per heavy atom. The summed E-state index contributed by atoms with van der Waals surface area (Å²) in [6.45, 7) is 7.96. The van der Waals surface area contributed by atoms with Crippen molar-refractivity contribution in [2.45, 2.75) is 39.2 Å². The van der Waals surface area contributed by atoms with Crippen molar-refractivity contribution < 1.29 is 9.53 Å². The molecule has 0 N–H and O–H groups in total. The lowest BCUT2D eigenvalue weighted by Crippen LogP contribution is -2.42. The van der Waals surface area contributed by atoms with Crippen molar-refractivity contribution in [2.24, 2.45) is 10.9 Å². The van der Waals surface area contributed by atoms with Crippen LogP contribution in [0, 0.1) is 5.92 Å². The minimum atomic E-state index is -0.434. The number of amides is 1. The van der Waals surface area contributed by atoms with E-state index in [-0.39, 0.29) is 6.09 Å². The number of likely N-dealkylation sites (tertiary alicyclic amines) is 1. The highest BCUT2D eigenvalue weighted by Gasteiger charge is 2.26. The highest BCUT2D eigenvalue weighted by atomic mass is 35.5. The Balaban J connectivity index is 1.74. The van der Waals surface area contributed by atoms with Crippen LogP contribution in [0.1, 0.15) is 39.2 Å². The fraction of sp³-hybridized carbons (Fsp3) is 0.556. The number of hydrogen-bond donors (Lipinski definition) is 0. The highest BCUT2D eigenvalue weighted by Crippen LogP contribution is 2.20. The van der Waals surface area contributed by atoms with Gasteiger partial charge in [-0.05, 0) is 57.2 Å². The molecule has 0 bridgehead atoms. The molecule has 1 aromatic rings. The Kier molecular flexibility index (Phi) is 6.05. The number of aliphatic imine (C=N–C) groups is 1. The number of carbonyl (C=O) groups is 1. The molecular weight excluding hydrogens is 312 g/mol. The molecule has 0 unspecified atom stereocenters. The second kappa shape index (κ2) is 7.82. The number of piperidine rings is 1. The zero-order valence-electron chi connectivity index (χ0n) is 14.1. The molecule has 1 saturated heterocycles. The predicted molar refractivity (Wildman–Crippen MR) is 94.4 cm³/mol. The number of carbonyl (C=O) groups excluding carboxylic acids is 1. The van der Waals surface area contributed by atoms with Crippen molar-refractivity contribution >= 4 is 23.9 Å². The van der Waals surface area contributed by atoms with E-state index in [2.05, 4.69) is 4.99 Å². The number of hydrogen-bond acceptors (Lipinski definition) is 3. The van der Waals surface area contributed by atoms with Gasteiger partial charge in [-0.25, -0.2) is 4.79 Å². The molecule has 0 atom stereocenters. The lowest BCUT2D eigenvalue weighted by atomic mass is 9.97. The average Bonchev–Trinajstić information content (AvgIpc) is 2.48. The van der Waals surface area contributed by atoms with Crippen LogP contribution in [0.5, 0.6) is 0 Å². The van der Waals surface area contributed by atoms with E-state index in [1.54, 1.807) is 4.90 Å². The van der Waals surface area contributed by atoms with Gasteiger partial charge in [0.1, 0.15) is 5.60 Å². The average molecular weight is 337 g/mol. The van der Waals surface area contributed by atoms with Gasteiger partial charge in [-0.3, -0.25) is 4.99 Å². The summed E-state index contributed by atoms with van der Waals surface area (Å²) in [6, 6.07) is 7.64. The third kappa shape index (κ3) is 6.22. The maximum atomic E-state index is 12.0. The Morgan fingerprint density at radius 1 is 1.30 bits per heavy atom. The van der Waals surface area contributed by atoms with Crippen molar-refractivity contribution in [3.8, 4) is 0 Å². The fourth-order valence-corrected chi connectivity index (χ4v) is 2.61. The van der Waals surface area contributed by atoms with E-state index < -0.39 is 5.60 Å². The molecule has 0 radical (unpaired) electrons. The summed E-state index contributed by atoms with van der Waals surface area (Å²) in [5, 5.41) is 0.733. The lowest BCUT2D eigenvalue weighted by molar-refractivity contribution is 0.0187. The molecular formula is C18H25ClN2O2. The number of rotatable bonds is 3. The van der Waals surface area contributed by atoms with E-state index in [4.69, 9.17) is 16.3 Å². The molecule has 4 nitrogen and oxygen atoms in total. The molecule has 1 aromatic carbocycles. The zero-order chi connectivity index (χ0) is 16.9. The van der Waals surface area contributed by atoms with Crippen molar-refractivity contribution in [1.29, 1.82) is 0 Å². The van der Waals surface area contributed by atoms with Crippen LogP contribution in [-0.2, 0) is 4.74 Å². The first-order chi connectivity index (χ1) is 10.8. The number of benzene rings is 1. The van der Waals surface area contributed by atoms with Gasteiger partial charge in [0.2, 0.25) is 0 Å². The third-order valence-corrected chi connectivity index (χ3v) is 3.99. The Hall–Kier alpha value is -1.55. The number of ether oxygens (including phenoxy) is 1. The molecule has 1 aliphatic heterocycles. The summed E-state index contributed by atoms with van der Waals surface area (Å²) in [5.41, 5.74) is 0.622. The maximum Gasteiger partial charge on any atom is 0.410 e. The van der Waals surface area contributed by atoms with Gasteiger partial charge >= 0.3 is 6.09 Å². The number of nitrogens with zero attached hydrogens (tertiary/aromatic N) is 2. The van der Waals surface area contributed by atoms with Gasteiger partial charge in [0.25, 0.3) is 0 Å². The first-order valence-corrected chi connectivity index (χ1v) is 8.44. The van der Waals surface area contributed by atoms with Crippen LogP contribution in [0.15, 0.2) is 29.3 Å². The standard InChI is InChI=1S/C18H25ClN2O2/c1-18(2,3)23-17(22)21-10-8-15(9-11-21)13-20-12-14-4-6-16(19)7-5-14/h4-7,12,15H,8-11,13H2,1-3H3. The zero-order valence-corrected chi connectivity index (χ0v) is 14.8. The van der Waals surface area contributed by atoms with Crippen LogP contribution in [0.2, 0.25) is 5.02 Å². The Bertz CT molecular complexity index is 541. The lowest BCUT2D eigenvalue weighted by Gasteiger charge is -2.32. The van der Waals surface area contributed by atoms with Crippen molar-refractivity contribution in [1.82, 2.24) is 4.90 Å². The summed E-state index contributed by atoms with van der Waals surface area (Å²) >= 11 is 5.86. The molecule has 2 rings (SSSR count). The van der Waals surface area contributed by atoms with Crippen LogP contribution in [0.4, 0.5) is 4.79 Å². The van der Waals surface area contributed by atoms with Crippen LogP contribution in [0.25, 0.3) is 0 Å². The van der Waals surface area contributed by atoms with Crippen molar-refractivity contribution in [3.05, 3.63) is 34.9 Å². The molecule has 1 heterocycles. The van der Waals surface area contributed by atoms with Gasteiger partial charge in [-0.2, -0.15) is 0 Å². The molecule has 0 aromatic heterocycles. The quantitative estimate of drug-likeness (QED) is 0.767.